The van der Waals surface area contributed by atoms with Crippen LogP contribution in [0, 0.1) is 11.3 Å². The fourth-order valence-electron chi connectivity index (χ4n) is 3.37. The summed E-state index contributed by atoms with van der Waals surface area (Å²) in [6.45, 7) is 5.19. The summed E-state index contributed by atoms with van der Waals surface area (Å²) in [6, 6.07) is 11.7. The van der Waals surface area contributed by atoms with Crippen LogP contribution in [-0.4, -0.2) is 50.3 Å². The molecule has 1 unspecified atom stereocenters. The fraction of sp³-hybridized carbons (Fsp3) is 0.391. The third-order valence-electron chi connectivity index (χ3n) is 5.21. The molecule has 0 aliphatic carbocycles. The smallest absolute Gasteiger partial charge is 0.191 e. The van der Waals surface area contributed by atoms with Crippen LogP contribution in [0.3, 0.4) is 0 Å². The zero-order valence-corrected chi connectivity index (χ0v) is 19.3. The van der Waals surface area contributed by atoms with Crippen LogP contribution >= 0.6 is 0 Å². The van der Waals surface area contributed by atoms with Gasteiger partial charge < -0.3 is 21.5 Å². The summed E-state index contributed by atoms with van der Waals surface area (Å²) >= 11 is 0. The molecule has 0 aliphatic rings. The number of nitriles is 1. The summed E-state index contributed by atoms with van der Waals surface area (Å²) in [7, 11) is 1.81. The maximum atomic E-state index is 10.7. The van der Waals surface area contributed by atoms with Gasteiger partial charge in [-0.2, -0.15) is 15.5 Å². The molecule has 0 bridgehead atoms. The van der Waals surface area contributed by atoms with E-state index in [1.807, 2.05) is 44.3 Å². The van der Waals surface area contributed by atoms with E-state index in [-0.39, 0.29) is 6.54 Å². The number of nitrogen functional groups attached to an aromatic ring is 1. The van der Waals surface area contributed by atoms with Gasteiger partial charge in [-0.15, -0.1) is 0 Å². The first-order valence-corrected chi connectivity index (χ1v) is 10.9. The molecule has 2 heterocycles. The van der Waals surface area contributed by atoms with E-state index in [9.17, 15) is 10.4 Å². The highest BCUT2D eigenvalue weighted by Gasteiger charge is 2.24. The summed E-state index contributed by atoms with van der Waals surface area (Å²) in [5.41, 5.74) is 7.65. The van der Waals surface area contributed by atoms with Gasteiger partial charge in [0.2, 0.25) is 0 Å². The van der Waals surface area contributed by atoms with Crippen molar-refractivity contribution in [3.63, 3.8) is 0 Å². The minimum atomic E-state index is -1.12. The van der Waals surface area contributed by atoms with Crippen molar-refractivity contribution in [1.29, 1.82) is 5.26 Å². The molecule has 0 radical (unpaired) electrons. The van der Waals surface area contributed by atoms with Gasteiger partial charge in [0.25, 0.3) is 0 Å². The quantitative estimate of drug-likeness (QED) is 0.220. The Morgan fingerprint density at radius 1 is 1.30 bits per heavy atom. The largest absolute Gasteiger partial charge is 0.383 e. The number of para-hydroxylation sites is 1. The lowest BCUT2D eigenvalue weighted by molar-refractivity contribution is 0.0672. The Balaban J connectivity index is 1.60. The first-order valence-electron chi connectivity index (χ1n) is 10.9. The average Bonchev–Trinajstić information content (AvgIpc) is 3.39. The van der Waals surface area contributed by atoms with E-state index < -0.39 is 5.60 Å². The molecule has 0 spiro atoms. The third-order valence-corrected chi connectivity index (χ3v) is 5.21. The number of nitrogens with zero attached hydrogens (tertiary/aromatic N) is 6. The number of aliphatic imine (C=N–C) groups is 1. The first kappa shape index (κ1) is 23.8. The molecule has 33 heavy (non-hydrogen) atoms. The van der Waals surface area contributed by atoms with Gasteiger partial charge in [0.1, 0.15) is 23.1 Å². The van der Waals surface area contributed by atoms with E-state index in [1.165, 1.54) is 0 Å². The zero-order chi connectivity index (χ0) is 23.8. The van der Waals surface area contributed by atoms with Crippen molar-refractivity contribution in [2.75, 3.05) is 25.4 Å². The van der Waals surface area contributed by atoms with Crippen LogP contribution in [0.15, 0.2) is 47.7 Å². The van der Waals surface area contributed by atoms with Crippen molar-refractivity contribution in [2.24, 2.45) is 12.0 Å². The Morgan fingerprint density at radius 2 is 2.06 bits per heavy atom. The molecule has 1 atom stereocenters. The predicted molar refractivity (Wildman–Crippen MR) is 128 cm³/mol. The molecule has 2 aromatic heterocycles. The standard InChI is InChI=1S/C23H31N9O/c1-4-26-22(28-16-23(2,33)17-14-29-31(3)15-17)27-12-8-11-20-19(13-24)21(25)32(30-20)18-9-6-5-7-10-18/h5-7,9-10,14-15,33H,4,8,11-12,16,25H2,1-3H3,(H2,26,27,28). The number of hydrogen-bond donors (Lipinski definition) is 4. The van der Waals surface area contributed by atoms with E-state index in [2.05, 4.69) is 31.9 Å². The molecule has 0 fully saturated rings. The van der Waals surface area contributed by atoms with Crippen LogP contribution in [0.4, 0.5) is 5.82 Å². The van der Waals surface area contributed by atoms with E-state index in [0.29, 0.717) is 48.1 Å². The SMILES string of the molecule is CCNC(=NCC(C)(O)c1cnn(C)c1)NCCCc1nn(-c2ccccc2)c(N)c1C#N. The summed E-state index contributed by atoms with van der Waals surface area (Å²) in [6.07, 6.45) is 4.74. The monoisotopic (exact) mass is 449 g/mol. The molecule has 3 aromatic rings. The number of guanidine groups is 1. The molecular weight excluding hydrogens is 418 g/mol. The van der Waals surface area contributed by atoms with E-state index in [0.717, 1.165) is 12.1 Å². The molecule has 10 heteroatoms. The van der Waals surface area contributed by atoms with Crippen molar-refractivity contribution in [3.05, 3.63) is 59.5 Å². The number of anilines is 1. The number of aryl methyl sites for hydroxylation is 2. The average molecular weight is 450 g/mol. The van der Waals surface area contributed by atoms with Gasteiger partial charge in [0.05, 0.1) is 24.1 Å². The maximum Gasteiger partial charge on any atom is 0.191 e. The van der Waals surface area contributed by atoms with Gasteiger partial charge in [-0.25, -0.2) is 9.67 Å². The molecule has 1 aromatic carbocycles. The van der Waals surface area contributed by atoms with Gasteiger partial charge in [0.15, 0.2) is 5.96 Å². The Morgan fingerprint density at radius 3 is 2.70 bits per heavy atom. The number of nitrogens with two attached hydrogens (primary N) is 1. The fourth-order valence-corrected chi connectivity index (χ4v) is 3.37. The van der Waals surface area contributed by atoms with Crippen molar-refractivity contribution < 1.29 is 5.11 Å². The second-order valence-corrected chi connectivity index (χ2v) is 7.97. The van der Waals surface area contributed by atoms with E-state index >= 15 is 0 Å². The van der Waals surface area contributed by atoms with Crippen LogP contribution < -0.4 is 16.4 Å². The number of nitrogens with one attached hydrogen (secondary N) is 2. The summed E-state index contributed by atoms with van der Waals surface area (Å²) in [5.74, 6) is 0.954. The Bertz CT molecular complexity index is 1120. The van der Waals surface area contributed by atoms with Crippen LogP contribution in [0.25, 0.3) is 5.69 Å². The first-order chi connectivity index (χ1) is 15.9. The maximum absolute atomic E-state index is 10.7. The lowest BCUT2D eigenvalue weighted by Crippen LogP contribution is -2.39. The summed E-state index contributed by atoms with van der Waals surface area (Å²) in [4.78, 5) is 4.52. The lowest BCUT2D eigenvalue weighted by Gasteiger charge is -2.20. The lowest BCUT2D eigenvalue weighted by atomic mass is 10.0. The molecule has 0 saturated carbocycles. The normalized spacial score (nSPS) is 13.4. The molecule has 0 amide bonds. The Kier molecular flexibility index (Phi) is 7.69. The topological polar surface area (TPSA) is 142 Å². The van der Waals surface area contributed by atoms with Crippen molar-refractivity contribution >= 4 is 11.8 Å². The van der Waals surface area contributed by atoms with Crippen molar-refractivity contribution in [3.8, 4) is 11.8 Å². The highest BCUT2D eigenvalue weighted by molar-refractivity contribution is 5.79. The van der Waals surface area contributed by atoms with E-state index in [4.69, 9.17) is 5.73 Å². The number of rotatable bonds is 9. The van der Waals surface area contributed by atoms with Crippen LogP contribution in [0.1, 0.15) is 37.1 Å². The van der Waals surface area contributed by atoms with Crippen LogP contribution in [-0.2, 0) is 19.1 Å². The van der Waals surface area contributed by atoms with E-state index in [1.54, 1.807) is 28.7 Å². The van der Waals surface area contributed by atoms with Crippen LogP contribution in [0.5, 0.6) is 0 Å². The van der Waals surface area contributed by atoms with Crippen molar-refractivity contribution in [2.45, 2.75) is 32.3 Å². The second-order valence-electron chi connectivity index (χ2n) is 7.97. The molecule has 5 N–H and O–H groups in total. The molecule has 0 aliphatic heterocycles. The number of hydrogen-bond acceptors (Lipinski definition) is 6. The summed E-state index contributed by atoms with van der Waals surface area (Å²) in [5, 5.41) is 35.4. The molecular formula is C23H31N9O. The molecule has 10 nitrogen and oxygen atoms in total. The zero-order valence-electron chi connectivity index (χ0n) is 19.3. The number of aliphatic hydroxyl groups is 1. The number of benzene rings is 1. The predicted octanol–water partition coefficient (Wildman–Crippen LogP) is 1.46. The van der Waals surface area contributed by atoms with Gasteiger partial charge >= 0.3 is 0 Å². The highest BCUT2D eigenvalue weighted by atomic mass is 16.3. The minimum absolute atomic E-state index is 0.185. The van der Waals surface area contributed by atoms with Crippen molar-refractivity contribution in [1.82, 2.24) is 30.2 Å². The summed E-state index contributed by atoms with van der Waals surface area (Å²) < 4.78 is 3.26. The molecule has 174 valence electrons. The van der Waals surface area contributed by atoms with Gasteiger partial charge in [0, 0.05) is 31.9 Å². The van der Waals surface area contributed by atoms with Gasteiger partial charge in [-0.1, -0.05) is 18.2 Å². The Labute approximate surface area is 193 Å². The molecule has 3 rings (SSSR count). The van der Waals surface area contributed by atoms with Gasteiger partial charge in [-0.05, 0) is 38.8 Å². The van der Waals surface area contributed by atoms with Gasteiger partial charge in [-0.3, -0.25) is 4.68 Å². The third kappa shape index (κ3) is 5.90. The highest BCUT2D eigenvalue weighted by Crippen LogP contribution is 2.21. The molecule has 0 saturated heterocycles. The second kappa shape index (κ2) is 10.7. The van der Waals surface area contributed by atoms with Crippen LogP contribution in [0.2, 0.25) is 0 Å². The minimum Gasteiger partial charge on any atom is -0.383 e. The Hall–Kier alpha value is -3.84. The number of aromatic nitrogens is 4.